The molecule has 3 aromatic rings. The average Bonchev–Trinajstić information content (AvgIpc) is 2.96. The number of aromatic nitrogens is 1. The predicted octanol–water partition coefficient (Wildman–Crippen LogP) is 3.71. The van der Waals surface area contributed by atoms with Gasteiger partial charge in [-0.15, -0.1) is 0 Å². The largest absolute Gasteiger partial charge is 0.496 e. The van der Waals surface area contributed by atoms with E-state index in [-0.39, 0.29) is 17.4 Å². The van der Waals surface area contributed by atoms with E-state index in [2.05, 4.69) is 27.2 Å². The van der Waals surface area contributed by atoms with Gasteiger partial charge in [-0.25, -0.2) is 0 Å². The average molecular weight is 537 g/mol. The van der Waals surface area contributed by atoms with Gasteiger partial charge in [0.1, 0.15) is 5.75 Å². The Labute approximate surface area is 225 Å². The van der Waals surface area contributed by atoms with Crippen LogP contribution in [0.4, 0.5) is 0 Å². The SMILES string of the molecule is COc1ccccc1C(=O)NCC1(c2ccccc2)CCC(NS(=O)(=O)N(C)CCc2ccccn2)CC1. The first-order valence-corrected chi connectivity index (χ1v) is 14.4. The minimum Gasteiger partial charge on any atom is -0.496 e. The molecule has 0 aliphatic heterocycles. The topological polar surface area (TPSA) is 101 Å². The van der Waals surface area contributed by atoms with Crippen LogP contribution in [-0.2, 0) is 22.0 Å². The maximum absolute atomic E-state index is 13.0. The van der Waals surface area contributed by atoms with Crippen LogP contribution in [0.2, 0.25) is 0 Å². The number of benzene rings is 2. The molecular formula is C29H36N4O4S. The van der Waals surface area contributed by atoms with E-state index in [1.807, 2.05) is 48.5 Å². The number of likely N-dealkylation sites (N-methyl/N-ethyl adjacent to an activating group) is 1. The van der Waals surface area contributed by atoms with Crippen LogP contribution in [0.25, 0.3) is 0 Å². The minimum absolute atomic E-state index is 0.168. The molecule has 2 N–H and O–H groups in total. The first-order valence-electron chi connectivity index (χ1n) is 12.9. The Morgan fingerprint density at radius 1 is 1.03 bits per heavy atom. The van der Waals surface area contributed by atoms with Crippen molar-refractivity contribution < 1.29 is 17.9 Å². The van der Waals surface area contributed by atoms with E-state index in [0.29, 0.717) is 43.7 Å². The van der Waals surface area contributed by atoms with Gasteiger partial charge >= 0.3 is 0 Å². The number of hydrogen-bond donors (Lipinski definition) is 2. The van der Waals surface area contributed by atoms with Crippen molar-refractivity contribution in [1.82, 2.24) is 19.3 Å². The zero-order chi connectivity index (χ0) is 27.0. The molecule has 202 valence electrons. The molecule has 1 fully saturated rings. The van der Waals surface area contributed by atoms with Gasteiger partial charge in [0.2, 0.25) is 0 Å². The molecule has 1 saturated carbocycles. The Morgan fingerprint density at radius 2 is 1.71 bits per heavy atom. The molecule has 0 bridgehead atoms. The first kappa shape index (κ1) is 27.8. The lowest BCUT2D eigenvalue weighted by atomic mass is 9.68. The Balaban J connectivity index is 1.40. The van der Waals surface area contributed by atoms with Crippen molar-refractivity contribution in [2.75, 3.05) is 27.2 Å². The first-order chi connectivity index (χ1) is 18.3. The summed E-state index contributed by atoms with van der Waals surface area (Å²) in [5.41, 5.74) is 2.21. The number of methoxy groups -OCH3 is 1. The van der Waals surface area contributed by atoms with E-state index >= 15 is 0 Å². The highest BCUT2D eigenvalue weighted by atomic mass is 32.2. The Hall–Kier alpha value is -3.27. The maximum atomic E-state index is 13.0. The standard InChI is InChI=1S/C29H36N4O4S/c1-33(21-17-24-12-8-9-20-30-24)38(35,36)32-25-15-18-29(19-16-25,23-10-4-3-5-11-23)22-31-28(34)26-13-6-7-14-27(26)37-2/h3-14,20,25,32H,15-19,21-22H2,1-2H3,(H,31,34). The van der Waals surface area contributed by atoms with E-state index in [9.17, 15) is 13.2 Å². The lowest BCUT2D eigenvalue weighted by Gasteiger charge is -2.41. The highest BCUT2D eigenvalue weighted by Crippen LogP contribution is 2.39. The van der Waals surface area contributed by atoms with Crippen molar-refractivity contribution in [3.63, 3.8) is 0 Å². The highest BCUT2D eigenvalue weighted by molar-refractivity contribution is 7.87. The molecule has 1 aromatic heterocycles. The van der Waals surface area contributed by atoms with E-state index in [1.54, 1.807) is 32.5 Å². The molecule has 1 aliphatic rings. The predicted molar refractivity (Wildman–Crippen MR) is 148 cm³/mol. The zero-order valence-corrected chi connectivity index (χ0v) is 22.8. The fourth-order valence-corrected chi connectivity index (χ4v) is 6.23. The quantitative estimate of drug-likeness (QED) is 0.389. The van der Waals surface area contributed by atoms with Gasteiger partial charge in [-0.1, -0.05) is 48.5 Å². The van der Waals surface area contributed by atoms with Gasteiger partial charge in [0.15, 0.2) is 0 Å². The summed E-state index contributed by atoms with van der Waals surface area (Å²) in [6.07, 6.45) is 5.09. The second kappa shape index (κ2) is 12.5. The smallest absolute Gasteiger partial charge is 0.279 e. The van der Waals surface area contributed by atoms with Gasteiger partial charge in [0.25, 0.3) is 16.1 Å². The molecule has 0 radical (unpaired) electrons. The highest BCUT2D eigenvalue weighted by Gasteiger charge is 2.38. The third kappa shape index (κ3) is 6.78. The number of carbonyl (C=O) groups excluding carboxylic acids is 1. The molecule has 0 unspecified atom stereocenters. The molecule has 4 rings (SSSR count). The molecule has 1 amide bonds. The van der Waals surface area contributed by atoms with Gasteiger partial charge in [0, 0.05) is 49.9 Å². The second-order valence-corrected chi connectivity index (χ2v) is 11.6. The normalized spacial score (nSPS) is 19.7. The number of hydrogen-bond acceptors (Lipinski definition) is 5. The van der Waals surface area contributed by atoms with E-state index in [0.717, 1.165) is 24.1 Å². The van der Waals surface area contributed by atoms with Crippen LogP contribution in [0.15, 0.2) is 79.0 Å². The summed E-state index contributed by atoms with van der Waals surface area (Å²) < 4.78 is 35.6. The maximum Gasteiger partial charge on any atom is 0.279 e. The van der Waals surface area contributed by atoms with Crippen molar-refractivity contribution in [3.8, 4) is 5.75 Å². The molecule has 0 spiro atoms. The summed E-state index contributed by atoms with van der Waals surface area (Å²) >= 11 is 0. The van der Waals surface area contributed by atoms with Gasteiger partial charge in [-0.3, -0.25) is 9.78 Å². The number of amides is 1. The van der Waals surface area contributed by atoms with Crippen molar-refractivity contribution in [2.24, 2.45) is 0 Å². The summed E-state index contributed by atoms with van der Waals surface area (Å²) in [6, 6.07) is 22.8. The van der Waals surface area contributed by atoms with Crippen LogP contribution in [0, 0.1) is 0 Å². The fourth-order valence-electron chi connectivity index (χ4n) is 5.06. The molecule has 8 nitrogen and oxygen atoms in total. The number of carbonyl (C=O) groups is 1. The number of nitrogens with zero attached hydrogens (tertiary/aromatic N) is 2. The molecule has 1 heterocycles. The van der Waals surface area contributed by atoms with Crippen molar-refractivity contribution in [3.05, 3.63) is 95.8 Å². The number of pyridine rings is 1. The lowest BCUT2D eigenvalue weighted by molar-refractivity contribution is 0.0932. The molecule has 38 heavy (non-hydrogen) atoms. The van der Waals surface area contributed by atoms with Gasteiger partial charge in [0.05, 0.1) is 12.7 Å². The summed E-state index contributed by atoms with van der Waals surface area (Å²) in [5, 5.41) is 3.12. The van der Waals surface area contributed by atoms with Crippen molar-refractivity contribution >= 4 is 16.1 Å². The number of rotatable bonds is 11. The lowest BCUT2D eigenvalue weighted by Crippen LogP contribution is -2.50. The van der Waals surface area contributed by atoms with Crippen LogP contribution in [0.1, 0.15) is 47.3 Å². The van der Waals surface area contributed by atoms with Crippen LogP contribution in [-0.4, -0.2) is 56.9 Å². The summed E-state index contributed by atoms with van der Waals surface area (Å²) in [5.74, 6) is 0.346. The molecule has 2 aromatic carbocycles. The summed E-state index contributed by atoms with van der Waals surface area (Å²) in [4.78, 5) is 17.3. The Morgan fingerprint density at radius 3 is 2.39 bits per heavy atom. The monoisotopic (exact) mass is 536 g/mol. The summed E-state index contributed by atoms with van der Waals surface area (Å²) in [6.45, 7) is 0.805. The number of ether oxygens (including phenoxy) is 1. The van der Waals surface area contributed by atoms with E-state index in [4.69, 9.17) is 4.74 Å². The van der Waals surface area contributed by atoms with Crippen LogP contribution in [0.5, 0.6) is 5.75 Å². The second-order valence-electron chi connectivity index (χ2n) is 9.82. The van der Waals surface area contributed by atoms with Crippen LogP contribution >= 0.6 is 0 Å². The zero-order valence-electron chi connectivity index (χ0n) is 22.0. The number of para-hydroxylation sites is 1. The fraction of sp³-hybridized carbons (Fsp3) is 0.379. The van der Waals surface area contributed by atoms with Gasteiger partial charge in [-0.2, -0.15) is 17.4 Å². The van der Waals surface area contributed by atoms with E-state index in [1.165, 1.54) is 4.31 Å². The molecule has 0 saturated heterocycles. The Bertz CT molecular complexity index is 1290. The van der Waals surface area contributed by atoms with Crippen molar-refractivity contribution in [2.45, 2.75) is 43.6 Å². The molecular weight excluding hydrogens is 500 g/mol. The molecule has 9 heteroatoms. The summed E-state index contributed by atoms with van der Waals surface area (Å²) in [7, 11) is -0.485. The van der Waals surface area contributed by atoms with Gasteiger partial charge in [-0.05, 0) is 55.5 Å². The Kier molecular flexibility index (Phi) is 9.14. The number of nitrogens with one attached hydrogen (secondary N) is 2. The molecule has 0 atom stereocenters. The van der Waals surface area contributed by atoms with Gasteiger partial charge < -0.3 is 10.1 Å². The third-order valence-electron chi connectivity index (χ3n) is 7.40. The van der Waals surface area contributed by atoms with Crippen LogP contribution < -0.4 is 14.8 Å². The third-order valence-corrected chi connectivity index (χ3v) is 9.04. The van der Waals surface area contributed by atoms with Crippen molar-refractivity contribution in [1.29, 1.82) is 0 Å². The van der Waals surface area contributed by atoms with E-state index < -0.39 is 10.2 Å². The van der Waals surface area contributed by atoms with Crippen LogP contribution in [0.3, 0.4) is 0 Å². The molecule has 1 aliphatic carbocycles. The minimum atomic E-state index is -3.63.